The lowest BCUT2D eigenvalue weighted by atomic mass is 9.89. The van der Waals surface area contributed by atoms with Crippen molar-refractivity contribution in [1.29, 1.82) is 0 Å². The van der Waals surface area contributed by atoms with Crippen LogP contribution in [0.5, 0.6) is 0 Å². The minimum absolute atomic E-state index is 0.293. The van der Waals surface area contributed by atoms with Crippen LogP contribution in [-0.4, -0.2) is 15.0 Å². The molecule has 92 valence electrons. The van der Waals surface area contributed by atoms with Gasteiger partial charge in [0.1, 0.15) is 5.82 Å². The van der Waals surface area contributed by atoms with Crippen molar-refractivity contribution in [2.75, 3.05) is 0 Å². The molecule has 2 heterocycles. The highest BCUT2D eigenvalue weighted by Gasteiger charge is 2.12. The number of aryl methyl sites for hydroxylation is 1. The van der Waals surface area contributed by atoms with Crippen LogP contribution < -0.4 is 0 Å². The van der Waals surface area contributed by atoms with Crippen molar-refractivity contribution in [3.05, 3.63) is 23.7 Å². The number of hydrogen-bond donors (Lipinski definition) is 1. The second-order valence-corrected chi connectivity index (χ2v) is 5.89. The van der Waals surface area contributed by atoms with Crippen LogP contribution in [0.3, 0.4) is 0 Å². The van der Waals surface area contributed by atoms with Crippen molar-refractivity contribution >= 4 is 11.2 Å². The highest BCUT2D eigenvalue weighted by Crippen LogP contribution is 2.21. The summed E-state index contributed by atoms with van der Waals surface area (Å²) in [6.45, 7) is 8.89. The largest absolute Gasteiger partial charge is 0.341 e. The van der Waals surface area contributed by atoms with Gasteiger partial charge >= 0.3 is 0 Å². The standard InChI is InChI=1S/C14H21N3/c1-5-6-12-16-11-7-10(8-14(2,3)4)9-15-13(11)17-12/h7,9H,5-6,8H2,1-4H3,(H,15,16,17). The number of pyridine rings is 1. The van der Waals surface area contributed by atoms with Gasteiger partial charge in [-0.2, -0.15) is 0 Å². The molecular weight excluding hydrogens is 210 g/mol. The van der Waals surface area contributed by atoms with Gasteiger partial charge in [-0.3, -0.25) is 0 Å². The van der Waals surface area contributed by atoms with E-state index in [1.54, 1.807) is 0 Å². The summed E-state index contributed by atoms with van der Waals surface area (Å²) in [5.74, 6) is 1.04. The summed E-state index contributed by atoms with van der Waals surface area (Å²) in [6.07, 6.45) is 5.09. The van der Waals surface area contributed by atoms with E-state index in [2.05, 4.69) is 48.7 Å². The normalized spacial score (nSPS) is 12.2. The maximum absolute atomic E-state index is 4.47. The van der Waals surface area contributed by atoms with Crippen molar-refractivity contribution in [2.24, 2.45) is 5.41 Å². The molecule has 0 amide bonds. The van der Waals surface area contributed by atoms with Crippen LogP contribution in [0, 0.1) is 5.41 Å². The molecular formula is C14H21N3. The van der Waals surface area contributed by atoms with Gasteiger partial charge < -0.3 is 4.98 Å². The van der Waals surface area contributed by atoms with Crippen molar-refractivity contribution in [3.63, 3.8) is 0 Å². The van der Waals surface area contributed by atoms with E-state index in [9.17, 15) is 0 Å². The van der Waals surface area contributed by atoms with Crippen LogP contribution in [0.1, 0.15) is 45.5 Å². The van der Waals surface area contributed by atoms with Crippen LogP contribution in [-0.2, 0) is 12.8 Å². The highest BCUT2D eigenvalue weighted by molar-refractivity contribution is 5.71. The average Bonchev–Trinajstić information content (AvgIpc) is 2.57. The Labute approximate surface area is 103 Å². The fourth-order valence-electron chi connectivity index (χ4n) is 2.06. The van der Waals surface area contributed by atoms with Crippen molar-refractivity contribution in [1.82, 2.24) is 15.0 Å². The number of hydrogen-bond acceptors (Lipinski definition) is 2. The minimum Gasteiger partial charge on any atom is -0.341 e. The number of nitrogens with zero attached hydrogens (tertiary/aromatic N) is 2. The monoisotopic (exact) mass is 231 g/mol. The molecule has 0 aliphatic heterocycles. The molecule has 0 aromatic carbocycles. The van der Waals surface area contributed by atoms with Gasteiger partial charge in [0.15, 0.2) is 5.65 Å². The van der Waals surface area contributed by atoms with Gasteiger partial charge in [-0.05, 0) is 29.9 Å². The molecule has 2 aromatic heterocycles. The van der Waals surface area contributed by atoms with Gasteiger partial charge in [-0.15, -0.1) is 0 Å². The zero-order chi connectivity index (χ0) is 12.5. The van der Waals surface area contributed by atoms with Gasteiger partial charge in [-0.25, -0.2) is 9.97 Å². The smallest absolute Gasteiger partial charge is 0.177 e. The van der Waals surface area contributed by atoms with Crippen molar-refractivity contribution in [2.45, 2.75) is 47.0 Å². The number of aromatic nitrogens is 3. The van der Waals surface area contributed by atoms with Crippen LogP contribution in [0.4, 0.5) is 0 Å². The van der Waals surface area contributed by atoms with E-state index < -0.39 is 0 Å². The third-order valence-corrected chi connectivity index (χ3v) is 2.66. The van der Waals surface area contributed by atoms with E-state index in [0.717, 1.165) is 36.3 Å². The van der Waals surface area contributed by atoms with E-state index >= 15 is 0 Å². The summed E-state index contributed by atoms with van der Waals surface area (Å²) in [4.78, 5) is 12.2. The summed E-state index contributed by atoms with van der Waals surface area (Å²) in [5, 5.41) is 0. The molecule has 3 nitrogen and oxygen atoms in total. The Balaban J connectivity index is 2.30. The van der Waals surface area contributed by atoms with Crippen molar-refractivity contribution in [3.8, 4) is 0 Å². The molecule has 3 heteroatoms. The lowest BCUT2D eigenvalue weighted by Gasteiger charge is -2.17. The van der Waals surface area contributed by atoms with E-state index in [1.807, 2.05) is 6.20 Å². The third kappa shape index (κ3) is 3.05. The van der Waals surface area contributed by atoms with E-state index in [0.29, 0.717) is 5.41 Å². The van der Waals surface area contributed by atoms with Gasteiger partial charge in [0.2, 0.25) is 0 Å². The molecule has 2 rings (SSSR count). The Kier molecular flexibility index (Phi) is 3.18. The number of fused-ring (bicyclic) bond motifs is 1. The van der Waals surface area contributed by atoms with E-state index in [4.69, 9.17) is 0 Å². The van der Waals surface area contributed by atoms with Crippen LogP contribution in [0.25, 0.3) is 11.2 Å². The molecule has 0 atom stereocenters. The fourth-order valence-corrected chi connectivity index (χ4v) is 2.06. The molecule has 0 aliphatic carbocycles. The number of H-pyrrole nitrogens is 1. The SMILES string of the molecule is CCCc1nc2ncc(CC(C)(C)C)cc2[nH]1. The third-order valence-electron chi connectivity index (χ3n) is 2.66. The molecule has 2 aromatic rings. The summed E-state index contributed by atoms with van der Waals surface area (Å²) < 4.78 is 0. The zero-order valence-electron chi connectivity index (χ0n) is 11.2. The first-order valence-electron chi connectivity index (χ1n) is 6.31. The molecule has 0 saturated heterocycles. The number of nitrogens with one attached hydrogen (secondary N) is 1. The quantitative estimate of drug-likeness (QED) is 0.878. The first kappa shape index (κ1) is 12.1. The Bertz CT molecular complexity index is 506. The first-order valence-corrected chi connectivity index (χ1v) is 6.31. The lowest BCUT2D eigenvalue weighted by Crippen LogP contribution is -2.09. The Morgan fingerprint density at radius 1 is 1.29 bits per heavy atom. The van der Waals surface area contributed by atoms with E-state index in [-0.39, 0.29) is 0 Å². The number of rotatable bonds is 3. The van der Waals surface area contributed by atoms with E-state index in [1.165, 1.54) is 5.56 Å². The van der Waals surface area contributed by atoms with Gasteiger partial charge in [0, 0.05) is 12.6 Å². The van der Waals surface area contributed by atoms with Crippen LogP contribution in [0.15, 0.2) is 12.3 Å². The summed E-state index contributed by atoms with van der Waals surface area (Å²) in [7, 11) is 0. The topological polar surface area (TPSA) is 41.6 Å². The molecule has 0 radical (unpaired) electrons. The molecule has 0 bridgehead atoms. The zero-order valence-corrected chi connectivity index (χ0v) is 11.2. The molecule has 0 fully saturated rings. The van der Waals surface area contributed by atoms with Crippen LogP contribution in [0.2, 0.25) is 0 Å². The molecule has 0 spiro atoms. The summed E-state index contributed by atoms with van der Waals surface area (Å²) >= 11 is 0. The van der Waals surface area contributed by atoms with Gasteiger partial charge in [0.05, 0.1) is 5.52 Å². The second kappa shape index (κ2) is 4.47. The van der Waals surface area contributed by atoms with Gasteiger partial charge in [-0.1, -0.05) is 27.7 Å². The highest BCUT2D eigenvalue weighted by atomic mass is 15.0. The average molecular weight is 231 g/mol. The molecule has 1 N–H and O–H groups in total. The summed E-state index contributed by atoms with van der Waals surface area (Å²) in [6, 6.07) is 2.18. The Morgan fingerprint density at radius 2 is 2.06 bits per heavy atom. The second-order valence-electron chi connectivity index (χ2n) is 5.89. The molecule has 0 aliphatic rings. The van der Waals surface area contributed by atoms with Gasteiger partial charge in [0.25, 0.3) is 0 Å². The Morgan fingerprint density at radius 3 is 2.71 bits per heavy atom. The number of aromatic amines is 1. The fraction of sp³-hybridized carbons (Fsp3) is 0.571. The predicted molar refractivity (Wildman–Crippen MR) is 71.0 cm³/mol. The lowest BCUT2D eigenvalue weighted by molar-refractivity contribution is 0.411. The number of imidazole rings is 1. The molecule has 0 saturated carbocycles. The maximum atomic E-state index is 4.47. The molecule has 17 heavy (non-hydrogen) atoms. The minimum atomic E-state index is 0.293. The molecule has 0 unspecified atom stereocenters. The van der Waals surface area contributed by atoms with Crippen molar-refractivity contribution < 1.29 is 0 Å². The van der Waals surface area contributed by atoms with Crippen LogP contribution >= 0.6 is 0 Å². The Hall–Kier alpha value is -1.38. The first-order chi connectivity index (χ1) is 7.98. The predicted octanol–water partition coefficient (Wildman–Crippen LogP) is 3.50. The summed E-state index contributed by atoms with van der Waals surface area (Å²) in [5.41, 5.74) is 3.47. The maximum Gasteiger partial charge on any atom is 0.177 e.